The fourth-order valence-corrected chi connectivity index (χ4v) is 4.55. The molecule has 10 heteroatoms. The Labute approximate surface area is 163 Å². The topological polar surface area (TPSA) is 107 Å². The zero-order valence-electron chi connectivity index (χ0n) is 15.8. The number of aromatic amines is 1. The van der Waals surface area contributed by atoms with Crippen LogP contribution in [0, 0.1) is 0 Å². The number of hydrogen-bond donors (Lipinski definition) is 2. The Hall–Kier alpha value is -2.72. The van der Waals surface area contributed by atoms with E-state index in [1.165, 1.54) is 6.20 Å². The Morgan fingerprint density at radius 2 is 2.14 bits per heavy atom. The van der Waals surface area contributed by atoms with Crippen molar-refractivity contribution >= 4 is 32.7 Å². The molecule has 0 radical (unpaired) electrons. The number of fused-ring (bicyclic) bond motifs is 1. The first-order valence-corrected chi connectivity index (χ1v) is 10.7. The van der Waals surface area contributed by atoms with E-state index in [9.17, 15) is 8.42 Å². The highest BCUT2D eigenvalue weighted by molar-refractivity contribution is 7.89. The number of aromatic nitrogens is 4. The van der Waals surface area contributed by atoms with E-state index in [0.29, 0.717) is 6.54 Å². The number of sulfonamides is 1. The molecule has 0 spiro atoms. The predicted molar refractivity (Wildman–Crippen MR) is 108 cm³/mol. The van der Waals surface area contributed by atoms with Gasteiger partial charge in [-0.1, -0.05) is 6.92 Å². The van der Waals surface area contributed by atoms with Gasteiger partial charge in [0, 0.05) is 45.1 Å². The lowest BCUT2D eigenvalue weighted by Crippen LogP contribution is -2.35. The Bertz CT molecular complexity index is 1060. The molecule has 3 aromatic rings. The van der Waals surface area contributed by atoms with Gasteiger partial charge in [0.05, 0.1) is 5.39 Å². The molecular formula is C18H23N7O2S. The first-order valence-electron chi connectivity index (χ1n) is 9.21. The molecule has 4 rings (SSSR count). The van der Waals surface area contributed by atoms with Crippen LogP contribution in [0.3, 0.4) is 0 Å². The molecular weight excluding hydrogens is 378 g/mol. The fourth-order valence-electron chi connectivity index (χ4n) is 3.56. The highest BCUT2D eigenvalue weighted by Crippen LogP contribution is 2.28. The second-order valence-corrected chi connectivity index (χ2v) is 8.56. The molecule has 0 amide bonds. The lowest BCUT2D eigenvalue weighted by molar-refractivity contribution is 0.583. The standard InChI is InChI=1S/C18H23N7O2S/c1-3-23-28(26,27)14-4-5-16(20-10-14)24(2)13-7-9-25(11-13)18-15-6-8-19-17(15)21-12-22-18/h4-6,8,10,12-13,23H,3,7,9,11H2,1-2H3,(H,19,21,22). The van der Waals surface area contributed by atoms with Crippen molar-refractivity contribution in [3.05, 3.63) is 36.9 Å². The average molecular weight is 401 g/mol. The van der Waals surface area contributed by atoms with Gasteiger partial charge in [-0.2, -0.15) is 0 Å². The van der Waals surface area contributed by atoms with Gasteiger partial charge in [-0.25, -0.2) is 28.1 Å². The molecule has 1 atom stereocenters. The fraction of sp³-hybridized carbons (Fsp3) is 0.389. The second kappa shape index (κ2) is 7.36. The molecule has 1 unspecified atom stereocenters. The van der Waals surface area contributed by atoms with Gasteiger partial charge in [0.25, 0.3) is 0 Å². The number of rotatable bonds is 6. The van der Waals surface area contributed by atoms with Crippen molar-refractivity contribution in [2.45, 2.75) is 24.3 Å². The highest BCUT2D eigenvalue weighted by atomic mass is 32.2. The molecule has 0 aliphatic carbocycles. The maximum atomic E-state index is 12.1. The van der Waals surface area contributed by atoms with E-state index in [0.717, 1.165) is 42.2 Å². The molecule has 0 aromatic carbocycles. The number of likely N-dealkylation sites (N-methyl/N-ethyl adjacent to an activating group) is 1. The minimum atomic E-state index is -3.49. The molecule has 9 nitrogen and oxygen atoms in total. The van der Waals surface area contributed by atoms with Crippen LogP contribution in [0.25, 0.3) is 11.0 Å². The number of nitrogens with zero attached hydrogens (tertiary/aromatic N) is 5. The van der Waals surface area contributed by atoms with Gasteiger partial charge >= 0.3 is 0 Å². The molecule has 4 heterocycles. The lowest BCUT2D eigenvalue weighted by Gasteiger charge is -2.26. The summed E-state index contributed by atoms with van der Waals surface area (Å²) in [4.78, 5) is 20.7. The Balaban J connectivity index is 1.49. The third kappa shape index (κ3) is 3.40. The number of anilines is 2. The SMILES string of the molecule is CCNS(=O)(=O)c1ccc(N(C)C2CCN(c3ncnc4[nH]ccc34)C2)nc1. The van der Waals surface area contributed by atoms with E-state index in [1.807, 2.05) is 19.3 Å². The minimum absolute atomic E-state index is 0.176. The van der Waals surface area contributed by atoms with Gasteiger partial charge in [-0.05, 0) is 24.6 Å². The number of pyridine rings is 1. The van der Waals surface area contributed by atoms with Gasteiger partial charge < -0.3 is 14.8 Å². The van der Waals surface area contributed by atoms with Gasteiger partial charge in [-0.15, -0.1) is 0 Å². The third-order valence-electron chi connectivity index (χ3n) is 5.07. The van der Waals surface area contributed by atoms with Crippen molar-refractivity contribution < 1.29 is 8.42 Å². The molecule has 28 heavy (non-hydrogen) atoms. The summed E-state index contributed by atoms with van der Waals surface area (Å²) in [6, 6.07) is 5.60. The van der Waals surface area contributed by atoms with E-state index in [2.05, 4.69) is 34.5 Å². The third-order valence-corrected chi connectivity index (χ3v) is 6.60. The minimum Gasteiger partial charge on any atom is -0.355 e. The molecule has 3 aromatic heterocycles. The molecule has 0 bridgehead atoms. The van der Waals surface area contributed by atoms with Crippen LogP contribution in [-0.2, 0) is 10.0 Å². The molecule has 2 N–H and O–H groups in total. The van der Waals surface area contributed by atoms with E-state index < -0.39 is 10.0 Å². The van der Waals surface area contributed by atoms with Crippen LogP contribution in [0.2, 0.25) is 0 Å². The maximum Gasteiger partial charge on any atom is 0.242 e. The molecule has 1 fully saturated rings. The first-order chi connectivity index (χ1) is 13.5. The van der Waals surface area contributed by atoms with Crippen molar-refractivity contribution in [1.29, 1.82) is 0 Å². The zero-order chi connectivity index (χ0) is 19.7. The quantitative estimate of drug-likeness (QED) is 0.642. The normalized spacial score (nSPS) is 17.4. The smallest absolute Gasteiger partial charge is 0.242 e. The monoisotopic (exact) mass is 401 g/mol. The summed E-state index contributed by atoms with van der Waals surface area (Å²) in [5, 5.41) is 1.02. The Morgan fingerprint density at radius 3 is 2.89 bits per heavy atom. The van der Waals surface area contributed by atoms with E-state index in [4.69, 9.17) is 0 Å². The lowest BCUT2D eigenvalue weighted by atomic mass is 10.2. The van der Waals surface area contributed by atoms with Gasteiger partial charge in [-0.3, -0.25) is 0 Å². The summed E-state index contributed by atoms with van der Waals surface area (Å²) in [5.74, 6) is 1.68. The average Bonchev–Trinajstić information content (AvgIpc) is 3.37. The summed E-state index contributed by atoms with van der Waals surface area (Å²) in [6.07, 6.45) is 5.82. The van der Waals surface area contributed by atoms with Crippen molar-refractivity contribution in [1.82, 2.24) is 24.7 Å². The van der Waals surface area contributed by atoms with E-state index in [-0.39, 0.29) is 10.9 Å². The van der Waals surface area contributed by atoms with Gasteiger partial charge in [0.15, 0.2) is 0 Å². The van der Waals surface area contributed by atoms with Crippen molar-refractivity contribution in [2.75, 3.05) is 36.5 Å². The van der Waals surface area contributed by atoms with Crippen molar-refractivity contribution in [3.8, 4) is 0 Å². The van der Waals surface area contributed by atoms with E-state index in [1.54, 1.807) is 25.4 Å². The Morgan fingerprint density at radius 1 is 1.29 bits per heavy atom. The predicted octanol–water partition coefficient (Wildman–Crippen LogP) is 1.37. The number of H-pyrrole nitrogens is 1. The van der Waals surface area contributed by atoms with E-state index >= 15 is 0 Å². The Kier molecular flexibility index (Phi) is 4.90. The van der Waals surface area contributed by atoms with Crippen LogP contribution in [0.4, 0.5) is 11.6 Å². The van der Waals surface area contributed by atoms with Crippen LogP contribution >= 0.6 is 0 Å². The first kappa shape index (κ1) is 18.6. The van der Waals surface area contributed by atoms with Crippen LogP contribution < -0.4 is 14.5 Å². The largest absolute Gasteiger partial charge is 0.355 e. The molecule has 148 valence electrons. The second-order valence-electron chi connectivity index (χ2n) is 6.79. The molecule has 1 aliphatic rings. The summed E-state index contributed by atoms with van der Waals surface area (Å²) in [7, 11) is -1.50. The van der Waals surface area contributed by atoms with Crippen LogP contribution in [-0.4, -0.2) is 61.1 Å². The summed E-state index contributed by atoms with van der Waals surface area (Å²) >= 11 is 0. The van der Waals surface area contributed by atoms with Gasteiger partial charge in [0.1, 0.15) is 28.5 Å². The van der Waals surface area contributed by atoms with Crippen LogP contribution in [0.15, 0.2) is 41.8 Å². The molecule has 1 aliphatic heterocycles. The van der Waals surface area contributed by atoms with Crippen LogP contribution in [0.5, 0.6) is 0 Å². The molecule has 1 saturated heterocycles. The van der Waals surface area contributed by atoms with Crippen LogP contribution in [0.1, 0.15) is 13.3 Å². The number of nitrogens with one attached hydrogen (secondary N) is 2. The van der Waals surface area contributed by atoms with Crippen molar-refractivity contribution in [3.63, 3.8) is 0 Å². The van der Waals surface area contributed by atoms with Crippen molar-refractivity contribution in [2.24, 2.45) is 0 Å². The summed E-state index contributed by atoms with van der Waals surface area (Å²) in [6.45, 7) is 3.79. The molecule has 0 saturated carbocycles. The number of hydrogen-bond acceptors (Lipinski definition) is 7. The van der Waals surface area contributed by atoms with Gasteiger partial charge in [0.2, 0.25) is 10.0 Å². The summed E-state index contributed by atoms with van der Waals surface area (Å²) < 4.78 is 26.6. The maximum absolute atomic E-state index is 12.1. The summed E-state index contributed by atoms with van der Waals surface area (Å²) in [5.41, 5.74) is 0.834. The zero-order valence-corrected chi connectivity index (χ0v) is 16.6. The highest BCUT2D eigenvalue weighted by Gasteiger charge is 2.28.